The Hall–Kier alpha value is -4.34. The standard InChI is InChI=1S/C18H8Cl2N8O4/c19-11-3-9(28-18(31)24-17(30)13(5-21)25-28)4-12(20)16(11)32-14-1-2-15(29)27(26-14)10-6-22-8-23-7-10/h1-4,6-8H,(H,24,30,31). The van der Waals surface area contributed by atoms with Crippen molar-refractivity contribution in [2.75, 3.05) is 0 Å². The quantitative estimate of drug-likeness (QED) is 0.461. The lowest BCUT2D eigenvalue weighted by atomic mass is 10.3. The van der Waals surface area contributed by atoms with Crippen molar-refractivity contribution in [3.63, 3.8) is 0 Å². The molecule has 0 bridgehead atoms. The van der Waals surface area contributed by atoms with Crippen molar-refractivity contribution in [1.29, 1.82) is 5.26 Å². The van der Waals surface area contributed by atoms with Crippen molar-refractivity contribution < 1.29 is 4.74 Å². The number of ether oxygens (including phenoxy) is 1. The Bertz CT molecular complexity index is 1530. The smallest absolute Gasteiger partial charge is 0.349 e. The van der Waals surface area contributed by atoms with E-state index < -0.39 is 22.5 Å². The van der Waals surface area contributed by atoms with Crippen LogP contribution in [0.1, 0.15) is 5.69 Å². The summed E-state index contributed by atoms with van der Waals surface area (Å²) in [6, 6.07) is 6.69. The number of benzene rings is 1. The predicted octanol–water partition coefficient (Wildman–Crippen LogP) is 1.23. The fourth-order valence-corrected chi connectivity index (χ4v) is 3.11. The SMILES string of the molecule is N#Cc1nn(-c2cc(Cl)c(Oc3ccc(=O)n(-c4cncnc4)n3)c(Cl)c2)c(=O)[nH]c1=O. The molecule has 0 aliphatic carbocycles. The molecule has 1 N–H and O–H groups in total. The molecule has 12 nitrogen and oxygen atoms in total. The second-order valence-electron chi connectivity index (χ2n) is 5.99. The van der Waals surface area contributed by atoms with Crippen molar-refractivity contribution in [2.24, 2.45) is 0 Å². The summed E-state index contributed by atoms with van der Waals surface area (Å²) in [5.74, 6) is -0.0341. The maximum atomic E-state index is 12.1. The van der Waals surface area contributed by atoms with Crippen molar-refractivity contribution >= 4 is 23.2 Å². The van der Waals surface area contributed by atoms with E-state index in [1.165, 1.54) is 43.0 Å². The van der Waals surface area contributed by atoms with Gasteiger partial charge in [0.05, 0.1) is 28.1 Å². The van der Waals surface area contributed by atoms with Crippen LogP contribution in [0.15, 0.2) is 57.4 Å². The van der Waals surface area contributed by atoms with Gasteiger partial charge in [-0.15, -0.1) is 10.2 Å². The van der Waals surface area contributed by atoms with E-state index in [1.54, 1.807) is 6.07 Å². The van der Waals surface area contributed by atoms with Crippen LogP contribution in [0.5, 0.6) is 11.6 Å². The average Bonchev–Trinajstić information content (AvgIpc) is 2.78. The second kappa shape index (κ2) is 8.42. The molecule has 3 aromatic heterocycles. The molecule has 158 valence electrons. The Kier molecular flexibility index (Phi) is 5.50. The number of aromatic nitrogens is 7. The molecule has 0 unspecified atom stereocenters. The highest BCUT2D eigenvalue weighted by atomic mass is 35.5. The minimum Gasteiger partial charge on any atom is -0.434 e. The molecule has 4 rings (SSSR count). The predicted molar refractivity (Wildman–Crippen MR) is 111 cm³/mol. The molecule has 0 aliphatic heterocycles. The number of H-pyrrole nitrogens is 1. The van der Waals surface area contributed by atoms with Crippen molar-refractivity contribution in [2.45, 2.75) is 0 Å². The van der Waals surface area contributed by atoms with Gasteiger partial charge in [-0.3, -0.25) is 14.6 Å². The van der Waals surface area contributed by atoms with Gasteiger partial charge < -0.3 is 4.74 Å². The summed E-state index contributed by atoms with van der Waals surface area (Å²) < 4.78 is 7.43. The van der Waals surface area contributed by atoms with E-state index >= 15 is 0 Å². The van der Waals surface area contributed by atoms with Gasteiger partial charge in [-0.1, -0.05) is 23.2 Å². The monoisotopic (exact) mass is 470 g/mol. The molecule has 4 aromatic rings. The lowest BCUT2D eigenvalue weighted by Crippen LogP contribution is -2.33. The number of aromatic amines is 1. The zero-order chi connectivity index (χ0) is 22.8. The summed E-state index contributed by atoms with van der Waals surface area (Å²) in [6.07, 6.45) is 4.09. The highest BCUT2D eigenvalue weighted by Crippen LogP contribution is 2.37. The van der Waals surface area contributed by atoms with Crippen molar-refractivity contribution in [3.05, 3.63) is 89.9 Å². The highest BCUT2D eigenvalue weighted by molar-refractivity contribution is 6.37. The topological polar surface area (TPSA) is 161 Å². The number of halogens is 2. The molecule has 0 saturated heterocycles. The molecule has 0 saturated carbocycles. The van der Waals surface area contributed by atoms with Crippen LogP contribution in [-0.4, -0.2) is 34.5 Å². The molecule has 0 spiro atoms. The van der Waals surface area contributed by atoms with Crippen LogP contribution in [0, 0.1) is 11.3 Å². The average molecular weight is 471 g/mol. The first-order valence-electron chi connectivity index (χ1n) is 8.54. The molecule has 0 radical (unpaired) electrons. The molecule has 0 fully saturated rings. The summed E-state index contributed by atoms with van der Waals surface area (Å²) >= 11 is 12.5. The lowest BCUT2D eigenvalue weighted by Gasteiger charge is -2.12. The molecular weight excluding hydrogens is 463 g/mol. The molecule has 3 heterocycles. The number of rotatable bonds is 4. The normalized spacial score (nSPS) is 10.5. The van der Waals surface area contributed by atoms with Crippen molar-refractivity contribution in [1.82, 2.24) is 34.5 Å². The van der Waals surface area contributed by atoms with Crippen LogP contribution in [0.3, 0.4) is 0 Å². The summed E-state index contributed by atoms with van der Waals surface area (Å²) in [6.45, 7) is 0. The Labute approximate surface area is 186 Å². The van der Waals surface area contributed by atoms with Gasteiger partial charge in [-0.2, -0.15) is 14.6 Å². The number of nitriles is 1. The minimum atomic E-state index is -0.920. The largest absolute Gasteiger partial charge is 0.434 e. The fourth-order valence-electron chi connectivity index (χ4n) is 2.55. The van der Waals surface area contributed by atoms with Crippen LogP contribution in [0.2, 0.25) is 10.0 Å². The number of nitrogens with zero attached hydrogens (tertiary/aromatic N) is 7. The number of hydrogen-bond donors (Lipinski definition) is 1. The third-order valence-electron chi connectivity index (χ3n) is 3.94. The van der Waals surface area contributed by atoms with Gasteiger partial charge in [0.15, 0.2) is 5.75 Å². The van der Waals surface area contributed by atoms with E-state index in [9.17, 15) is 14.4 Å². The van der Waals surface area contributed by atoms with Gasteiger partial charge in [-0.05, 0) is 12.1 Å². The van der Waals surface area contributed by atoms with Crippen LogP contribution in [0.25, 0.3) is 11.4 Å². The van der Waals surface area contributed by atoms with E-state index in [4.69, 9.17) is 33.2 Å². The summed E-state index contributed by atoms with van der Waals surface area (Å²) in [5.41, 5.74) is -2.40. The fraction of sp³-hybridized carbons (Fsp3) is 0. The van der Waals surface area contributed by atoms with E-state index in [0.717, 1.165) is 9.36 Å². The van der Waals surface area contributed by atoms with E-state index in [-0.39, 0.29) is 27.4 Å². The summed E-state index contributed by atoms with van der Waals surface area (Å²) in [5, 5.41) is 16.7. The number of hydrogen-bond acceptors (Lipinski definition) is 9. The maximum absolute atomic E-state index is 12.1. The third-order valence-corrected chi connectivity index (χ3v) is 4.50. The Balaban J connectivity index is 1.74. The maximum Gasteiger partial charge on any atom is 0.349 e. The molecule has 0 amide bonds. The lowest BCUT2D eigenvalue weighted by molar-refractivity contribution is 0.447. The summed E-state index contributed by atoms with van der Waals surface area (Å²) in [7, 11) is 0. The van der Waals surface area contributed by atoms with Gasteiger partial charge in [0, 0.05) is 12.1 Å². The highest BCUT2D eigenvalue weighted by Gasteiger charge is 2.16. The van der Waals surface area contributed by atoms with Gasteiger partial charge >= 0.3 is 5.69 Å². The molecule has 1 aromatic carbocycles. The molecule has 14 heteroatoms. The third kappa shape index (κ3) is 3.97. The minimum absolute atomic E-state index is 0.0166. The van der Waals surface area contributed by atoms with Gasteiger partial charge in [0.25, 0.3) is 11.1 Å². The van der Waals surface area contributed by atoms with Crippen molar-refractivity contribution in [3.8, 4) is 29.1 Å². The van der Waals surface area contributed by atoms with Crippen LogP contribution < -0.4 is 21.5 Å². The summed E-state index contributed by atoms with van der Waals surface area (Å²) in [4.78, 5) is 45.4. The van der Waals surface area contributed by atoms with Gasteiger partial charge in [0.1, 0.15) is 18.1 Å². The van der Waals surface area contributed by atoms with E-state index in [2.05, 4.69) is 20.2 Å². The van der Waals surface area contributed by atoms with Crippen LogP contribution in [0.4, 0.5) is 0 Å². The molecule has 0 atom stereocenters. The Morgan fingerprint density at radius 1 is 0.969 bits per heavy atom. The Morgan fingerprint density at radius 2 is 1.66 bits per heavy atom. The molecule has 32 heavy (non-hydrogen) atoms. The van der Waals surface area contributed by atoms with E-state index in [1.807, 2.05) is 4.98 Å². The zero-order valence-electron chi connectivity index (χ0n) is 15.6. The zero-order valence-corrected chi connectivity index (χ0v) is 17.1. The molecule has 0 aliphatic rings. The van der Waals surface area contributed by atoms with E-state index in [0.29, 0.717) is 5.69 Å². The van der Waals surface area contributed by atoms with Gasteiger partial charge in [0.2, 0.25) is 11.6 Å². The first-order chi connectivity index (χ1) is 15.4. The molecular formula is C18H8Cl2N8O4. The first kappa shape index (κ1) is 20.9. The Morgan fingerprint density at radius 3 is 2.31 bits per heavy atom. The second-order valence-corrected chi connectivity index (χ2v) is 6.80. The van der Waals surface area contributed by atoms with Gasteiger partial charge in [-0.25, -0.2) is 14.8 Å². The van der Waals surface area contributed by atoms with Crippen LogP contribution in [-0.2, 0) is 0 Å². The number of nitrogens with one attached hydrogen (secondary N) is 1. The van der Waals surface area contributed by atoms with Crippen LogP contribution >= 0.6 is 23.2 Å². The first-order valence-corrected chi connectivity index (χ1v) is 9.30.